The first-order valence-electron chi connectivity index (χ1n) is 10.3. The molecule has 12 heteroatoms. The van der Waals surface area contributed by atoms with E-state index in [0.717, 1.165) is 0 Å². The summed E-state index contributed by atoms with van der Waals surface area (Å²) in [5, 5.41) is 23.6. The molecular weight excluding hydrogens is 410 g/mol. The minimum atomic E-state index is -1.53. The number of carboxylic acids is 1. The van der Waals surface area contributed by atoms with Crippen molar-refractivity contribution in [1.82, 2.24) is 15.5 Å². The van der Waals surface area contributed by atoms with Gasteiger partial charge in [0.05, 0.1) is 18.6 Å². The highest BCUT2D eigenvalue weighted by atomic mass is 16.4. The monoisotopic (exact) mass is 443 g/mol. The standard InChI is InChI=1S/C19H33N5O7/c1-4-9(2)14(17(28)23-15(10(3)25)19(30)31)22-16(27)12-6-5-7-24(12)18(29)11(20)8-13(21)26/h9-12,14-15,25H,4-8,20H2,1-3H3,(H2,21,26)(H,22,27)(H,23,28)(H,30,31). The zero-order valence-electron chi connectivity index (χ0n) is 18.0. The van der Waals surface area contributed by atoms with Gasteiger partial charge in [0.25, 0.3) is 0 Å². The van der Waals surface area contributed by atoms with Crippen LogP contribution in [0.15, 0.2) is 0 Å². The number of primary amides is 1. The molecule has 1 aliphatic heterocycles. The zero-order chi connectivity index (χ0) is 23.9. The normalized spacial score (nSPS) is 20.8. The van der Waals surface area contributed by atoms with E-state index in [2.05, 4.69) is 10.6 Å². The molecule has 0 aliphatic carbocycles. The van der Waals surface area contributed by atoms with Crippen LogP contribution in [-0.2, 0) is 24.0 Å². The molecule has 0 aromatic carbocycles. The number of aliphatic hydroxyl groups excluding tert-OH is 1. The van der Waals surface area contributed by atoms with E-state index < -0.39 is 59.9 Å². The van der Waals surface area contributed by atoms with Crippen molar-refractivity contribution in [2.75, 3.05) is 6.54 Å². The molecule has 0 aromatic rings. The first kappa shape index (κ1) is 26.3. The molecule has 0 spiro atoms. The molecular formula is C19H33N5O7. The number of amides is 4. The summed E-state index contributed by atoms with van der Waals surface area (Å²) >= 11 is 0. The first-order valence-corrected chi connectivity index (χ1v) is 10.3. The molecule has 31 heavy (non-hydrogen) atoms. The predicted octanol–water partition coefficient (Wildman–Crippen LogP) is -2.34. The Morgan fingerprint density at radius 1 is 1.13 bits per heavy atom. The fourth-order valence-electron chi connectivity index (χ4n) is 3.40. The second-order valence-electron chi connectivity index (χ2n) is 7.90. The number of rotatable bonds is 11. The molecule has 6 atom stereocenters. The molecule has 1 heterocycles. The van der Waals surface area contributed by atoms with Gasteiger partial charge in [-0.25, -0.2) is 4.79 Å². The number of likely N-dealkylation sites (tertiary alicyclic amines) is 1. The fourth-order valence-corrected chi connectivity index (χ4v) is 3.40. The summed E-state index contributed by atoms with van der Waals surface area (Å²) in [6.45, 7) is 5.01. The number of carbonyl (C=O) groups excluding carboxylic acids is 4. The number of hydrogen-bond donors (Lipinski definition) is 6. The quantitative estimate of drug-likeness (QED) is 0.203. The van der Waals surface area contributed by atoms with Crippen molar-refractivity contribution in [2.24, 2.45) is 17.4 Å². The van der Waals surface area contributed by atoms with E-state index in [0.29, 0.717) is 19.3 Å². The third-order valence-corrected chi connectivity index (χ3v) is 5.42. The Hall–Kier alpha value is -2.73. The minimum Gasteiger partial charge on any atom is -0.480 e. The van der Waals surface area contributed by atoms with Gasteiger partial charge >= 0.3 is 5.97 Å². The van der Waals surface area contributed by atoms with Gasteiger partial charge < -0.3 is 37.2 Å². The Kier molecular flexibility index (Phi) is 9.85. The van der Waals surface area contributed by atoms with Crippen molar-refractivity contribution < 1.29 is 34.2 Å². The van der Waals surface area contributed by atoms with E-state index in [4.69, 9.17) is 11.5 Å². The van der Waals surface area contributed by atoms with Gasteiger partial charge in [0.15, 0.2) is 6.04 Å². The van der Waals surface area contributed by atoms with Gasteiger partial charge in [-0.15, -0.1) is 0 Å². The van der Waals surface area contributed by atoms with Crippen LogP contribution in [0.5, 0.6) is 0 Å². The Morgan fingerprint density at radius 3 is 2.23 bits per heavy atom. The van der Waals surface area contributed by atoms with Crippen LogP contribution < -0.4 is 22.1 Å². The number of nitrogens with two attached hydrogens (primary N) is 2. The molecule has 0 saturated carbocycles. The molecule has 1 fully saturated rings. The summed E-state index contributed by atoms with van der Waals surface area (Å²) in [7, 11) is 0. The molecule has 0 bridgehead atoms. The van der Waals surface area contributed by atoms with Gasteiger partial charge in [0, 0.05) is 6.54 Å². The van der Waals surface area contributed by atoms with Crippen LogP contribution in [0.2, 0.25) is 0 Å². The van der Waals surface area contributed by atoms with Crippen LogP contribution in [0.3, 0.4) is 0 Å². The highest BCUT2D eigenvalue weighted by molar-refractivity contribution is 5.95. The molecule has 176 valence electrons. The number of nitrogens with zero attached hydrogens (tertiary/aromatic N) is 1. The van der Waals surface area contributed by atoms with Crippen LogP contribution >= 0.6 is 0 Å². The lowest BCUT2D eigenvalue weighted by Gasteiger charge is -2.30. The molecule has 1 aliphatic rings. The Morgan fingerprint density at radius 2 is 1.74 bits per heavy atom. The molecule has 12 nitrogen and oxygen atoms in total. The van der Waals surface area contributed by atoms with Crippen molar-refractivity contribution >= 4 is 29.6 Å². The summed E-state index contributed by atoms with van der Waals surface area (Å²) in [4.78, 5) is 61.7. The number of carbonyl (C=O) groups is 5. The highest BCUT2D eigenvalue weighted by Crippen LogP contribution is 2.20. The molecule has 1 saturated heterocycles. The Bertz CT molecular complexity index is 699. The molecule has 6 unspecified atom stereocenters. The Labute approximate surface area is 180 Å². The topological polar surface area (TPSA) is 205 Å². The number of nitrogens with one attached hydrogen (secondary N) is 2. The average Bonchev–Trinajstić information content (AvgIpc) is 3.17. The first-order chi connectivity index (χ1) is 14.4. The molecule has 8 N–H and O–H groups in total. The maximum Gasteiger partial charge on any atom is 0.328 e. The maximum absolute atomic E-state index is 12.9. The Balaban J connectivity index is 2.95. The number of carboxylic acid groups (broad SMARTS) is 1. The van der Waals surface area contributed by atoms with Crippen molar-refractivity contribution in [3.63, 3.8) is 0 Å². The van der Waals surface area contributed by atoms with Crippen LogP contribution in [0.25, 0.3) is 0 Å². The van der Waals surface area contributed by atoms with Crippen molar-refractivity contribution in [1.29, 1.82) is 0 Å². The van der Waals surface area contributed by atoms with Crippen LogP contribution in [0.1, 0.15) is 46.5 Å². The summed E-state index contributed by atoms with van der Waals surface area (Å²) < 4.78 is 0. The second-order valence-corrected chi connectivity index (χ2v) is 7.90. The van der Waals surface area contributed by atoms with Crippen molar-refractivity contribution in [3.8, 4) is 0 Å². The van der Waals surface area contributed by atoms with Crippen LogP contribution in [0, 0.1) is 5.92 Å². The predicted molar refractivity (Wildman–Crippen MR) is 109 cm³/mol. The van der Waals surface area contributed by atoms with E-state index in [1.54, 1.807) is 13.8 Å². The van der Waals surface area contributed by atoms with Gasteiger partial charge in [-0.1, -0.05) is 20.3 Å². The van der Waals surface area contributed by atoms with E-state index in [1.807, 2.05) is 0 Å². The zero-order valence-corrected chi connectivity index (χ0v) is 18.0. The molecule has 1 rings (SSSR count). The van der Waals surface area contributed by atoms with Gasteiger partial charge in [-0.3, -0.25) is 19.2 Å². The SMILES string of the molecule is CCC(C)C(NC(=O)C1CCCN1C(=O)C(N)CC(N)=O)C(=O)NC(C(=O)O)C(C)O. The fraction of sp³-hybridized carbons (Fsp3) is 0.737. The smallest absolute Gasteiger partial charge is 0.328 e. The third-order valence-electron chi connectivity index (χ3n) is 5.42. The van der Waals surface area contributed by atoms with E-state index >= 15 is 0 Å². The summed E-state index contributed by atoms with van der Waals surface area (Å²) in [5.41, 5.74) is 10.8. The summed E-state index contributed by atoms with van der Waals surface area (Å²) in [6, 6.07) is -4.65. The maximum atomic E-state index is 12.9. The lowest BCUT2D eigenvalue weighted by atomic mass is 9.97. The molecule has 0 aromatic heterocycles. The minimum absolute atomic E-state index is 0.271. The number of aliphatic hydroxyl groups is 1. The summed E-state index contributed by atoms with van der Waals surface area (Å²) in [5.74, 6) is -4.41. The van der Waals surface area contributed by atoms with E-state index in [1.165, 1.54) is 11.8 Å². The number of hydrogen-bond acceptors (Lipinski definition) is 7. The van der Waals surface area contributed by atoms with E-state index in [9.17, 15) is 34.2 Å². The average molecular weight is 444 g/mol. The lowest BCUT2D eigenvalue weighted by Crippen LogP contribution is -2.59. The van der Waals surface area contributed by atoms with Gasteiger partial charge in [0.2, 0.25) is 23.6 Å². The van der Waals surface area contributed by atoms with Gasteiger partial charge in [0.1, 0.15) is 12.1 Å². The van der Waals surface area contributed by atoms with Crippen LogP contribution in [0.4, 0.5) is 0 Å². The van der Waals surface area contributed by atoms with E-state index in [-0.39, 0.29) is 18.9 Å². The second kappa shape index (κ2) is 11.6. The summed E-state index contributed by atoms with van der Waals surface area (Å²) in [6.07, 6.45) is -0.305. The molecule has 4 amide bonds. The number of aliphatic carboxylic acids is 1. The van der Waals surface area contributed by atoms with Gasteiger partial charge in [-0.2, -0.15) is 0 Å². The largest absolute Gasteiger partial charge is 0.480 e. The van der Waals surface area contributed by atoms with Crippen molar-refractivity contribution in [2.45, 2.75) is 76.7 Å². The lowest BCUT2D eigenvalue weighted by molar-refractivity contribution is -0.146. The molecule has 0 radical (unpaired) electrons. The highest BCUT2D eigenvalue weighted by Gasteiger charge is 2.39. The van der Waals surface area contributed by atoms with Gasteiger partial charge in [-0.05, 0) is 25.7 Å². The third kappa shape index (κ3) is 7.17. The van der Waals surface area contributed by atoms with Crippen LogP contribution in [-0.4, -0.2) is 81.5 Å². The van der Waals surface area contributed by atoms with Crippen molar-refractivity contribution in [3.05, 3.63) is 0 Å².